The molecule has 100 valence electrons. The van der Waals surface area contributed by atoms with Crippen molar-refractivity contribution in [1.29, 1.82) is 0 Å². The van der Waals surface area contributed by atoms with E-state index in [1.165, 1.54) is 5.56 Å². The van der Waals surface area contributed by atoms with Crippen molar-refractivity contribution in [2.24, 2.45) is 0 Å². The van der Waals surface area contributed by atoms with Gasteiger partial charge in [-0.15, -0.1) is 0 Å². The van der Waals surface area contributed by atoms with E-state index in [0.29, 0.717) is 12.5 Å². The molecule has 1 amide bonds. The molecule has 0 saturated carbocycles. The molecule has 0 heterocycles. The molecule has 0 fully saturated rings. The third-order valence-corrected chi connectivity index (χ3v) is 3.17. The van der Waals surface area contributed by atoms with Crippen molar-refractivity contribution in [1.82, 2.24) is 4.90 Å². The molecule has 3 heteroatoms. The molecular formula is C15H24N2O. The summed E-state index contributed by atoms with van der Waals surface area (Å²) in [6.07, 6.45) is 0. The molecule has 0 spiro atoms. The lowest BCUT2D eigenvalue weighted by atomic mass is 10.0. The number of carbonyl (C=O) groups is 1. The van der Waals surface area contributed by atoms with E-state index in [-0.39, 0.29) is 11.9 Å². The fraction of sp³-hybridized carbons (Fsp3) is 0.533. The summed E-state index contributed by atoms with van der Waals surface area (Å²) < 4.78 is 0. The van der Waals surface area contributed by atoms with Gasteiger partial charge < -0.3 is 10.2 Å². The Labute approximate surface area is 110 Å². The number of anilines is 1. The van der Waals surface area contributed by atoms with Gasteiger partial charge >= 0.3 is 0 Å². The Morgan fingerprint density at radius 3 is 2.50 bits per heavy atom. The number of nitrogens with one attached hydrogen (secondary N) is 1. The SMILES string of the molecule is CC(C)c1cccc(NCC(=O)N(C)C(C)C)c1. The van der Waals surface area contributed by atoms with Crippen LogP contribution in [0.15, 0.2) is 24.3 Å². The summed E-state index contributed by atoms with van der Waals surface area (Å²) in [4.78, 5) is 13.6. The fourth-order valence-corrected chi connectivity index (χ4v) is 1.60. The number of carbonyl (C=O) groups excluding carboxylic acids is 1. The molecule has 0 radical (unpaired) electrons. The van der Waals surface area contributed by atoms with E-state index in [2.05, 4.69) is 31.3 Å². The highest BCUT2D eigenvalue weighted by molar-refractivity contribution is 5.80. The smallest absolute Gasteiger partial charge is 0.241 e. The van der Waals surface area contributed by atoms with Crippen LogP contribution in [-0.2, 0) is 4.79 Å². The van der Waals surface area contributed by atoms with Gasteiger partial charge in [0.1, 0.15) is 0 Å². The molecular weight excluding hydrogens is 224 g/mol. The van der Waals surface area contributed by atoms with Crippen molar-refractivity contribution in [3.8, 4) is 0 Å². The normalized spacial score (nSPS) is 10.8. The number of rotatable bonds is 5. The molecule has 0 bridgehead atoms. The van der Waals surface area contributed by atoms with Gasteiger partial charge in [0.15, 0.2) is 0 Å². The predicted molar refractivity (Wildman–Crippen MR) is 76.9 cm³/mol. The van der Waals surface area contributed by atoms with Crippen LogP contribution < -0.4 is 5.32 Å². The summed E-state index contributed by atoms with van der Waals surface area (Å²) in [7, 11) is 1.83. The first-order valence-electron chi connectivity index (χ1n) is 6.51. The van der Waals surface area contributed by atoms with E-state index in [1.807, 2.05) is 33.0 Å². The molecule has 0 atom stereocenters. The van der Waals surface area contributed by atoms with Crippen LogP contribution in [0.25, 0.3) is 0 Å². The van der Waals surface area contributed by atoms with E-state index in [4.69, 9.17) is 0 Å². The first-order valence-corrected chi connectivity index (χ1v) is 6.51. The van der Waals surface area contributed by atoms with E-state index in [0.717, 1.165) is 5.69 Å². The predicted octanol–water partition coefficient (Wildman–Crippen LogP) is 3.09. The van der Waals surface area contributed by atoms with Crippen molar-refractivity contribution in [3.05, 3.63) is 29.8 Å². The van der Waals surface area contributed by atoms with Crippen LogP contribution in [-0.4, -0.2) is 30.4 Å². The minimum atomic E-state index is 0.111. The number of nitrogens with zero attached hydrogens (tertiary/aromatic N) is 1. The number of likely N-dealkylation sites (N-methyl/N-ethyl adjacent to an activating group) is 1. The maximum atomic E-state index is 11.8. The first-order chi connectivity index (χ1) is 8.41. The third-order valence-electron chi connectivity index (χ3n) is 3.17. The number of hydrogen-bond donors (Lipinski definition) is 1. The summed E-state index contributed by atoms with van der Waals surface area (Å²) in [5.74, 6) is 0.612. The summed E-state index contributed by atoms with van der Waals surface area (Å²) in [6, 6.07) is 8.47. The number of hydrogen-bond acceptors (Lipinski definition) is 2. The molecule has 1 rings (SSSR count). The molecule has 0 aliphatic rings. The average Bonchev–Trinajstić information content (AvgIpc) is 2.35. The Morgan fingerprint density at radius 1 is 1.28 bits per heavy atom. The maximum absolute atomic E-state index is 11.8. The number of amides is 1. The molecule has 18 heavy (non-hydrogen) atoms. The van der Waals surface area contributed by atoms with Crippen molar-refractivity contribution in [3.63, 3.8) is 0 Å². The van der Waals surface area contributed by atoms with Gasteiger partial charge in [-0.25, -0.2) is 0 Å². The molecule has 0 unspecified atom stereocenters. The van der Waals surface area contributed by atoms with Crippen LogP contribution >= 0.6 is 0 Å². The summed E-state index contributed by atoms with van der Waals surface area (Å²) in [5, 5.41) is 3.18. The highest BCUT2D eigenvalue weighted by atomic mass is 16.2. The standard InChI is InChI=1S/C15H24N2O/c1-11(2)13-7-6-8-14(9-13)16-10-15(18)17(5)12(3)4/h6-9,11-12,16H,10H2,1-5H3. The van der Waals surface area contributed by atoms with Gasteiger partial charge in [0.05, 0.1) is 6.54 Å². The maximum Gasteiger partial charge on any atom is 0.241 e. The summed E-state index contributed by atoms with van der Waals surface area (Å²) >= 11 is 0. The molecule has 0 saturated heterocycles. The Morgan fingerprint density at radius 2 is 1.94 bits per heavy atom. The van der Waals surface area contributed by atoms with E-state index in [1.54, 1.807) is 4.90 Å². The fourth-order valence-electron chi connectivity index (χ4n) is 1.60. The molecule has 1 aromatic carbocycles. The van der Waals surface area contributed by atoms with Crippen LogP contribution in [0.2, 0.25) is 0 Å². The van der Waals surface area contributed by atoms with Crippen molar-refractivity contribution in [2.75, 3.05) is 18.9 Å². The van der Waals surface area contributed by atoms with Crippen molar-refractivity contribution < 1.29 is 4.79 Å². The van der Waals surface area contributed by atoms with Gasteiger partial charge in [-0.1, -0.05) is 26.0 Å². The van der Waals surface area contributed by atoms with Crippen molar-refractivity contribution >= 4 is 11.6 Å². The first kappa shape index (κ1) is 14.6. The highest BCUT2D eigenvalue weighted by Crippen LogP contribution is 2.18. The van der Waals surface area contributed by atoms with E-state index in [9.17, 15) is 4.79 Å². The van der Waals surface area contributed by atoms with Gasteiger partial charge in [-0.2, -0.15) is 0 Å². The average molecular weight is 248 g/mol. The zero-order chi connectivity index (χ0) is 13.7. The molecule has 3 nitrogen and oxygen atoms in total. The van der Waals surface area contributed by atoms with Crippen LogP contribution in [0, 0.1) is 0 Å². The lowest BCUT2D eigenvalue weighted by Crippen LogP contribution is -2.37. The van der Waals surface area contributed by atoms with Gasteiger partial charge in [-0.05, 0) is 37.5 Å². The Balaban J connectivity index is 2.58. The quantitative estimate of drug-likeness (QED) is 0.868. The second-order valence-corrected chi connectivity index (χ2v) is 5.23. The van der Waals surface area contributed by atoms with Crippen LogP contribution in [0.5, 0.6) is 0 Å². The third kappa shape index (κ3) is 4.06. The largest absolute Gasteiger partial charge is 0.376 e. The van der Waals surface area contributed by atoms with Gasteiger partial charge in [0.2, 0.25) is 5.91 Å². The monoisotopic (exact) mass is 248 g/mol. The van der Waals surface area contributed by atoms with Crippen molar-refractivity contribution in [2.45, 2.75) is 39.7 Å². The summed E-state index contributed by atoms with van der Waals surface area (Å²) in [6.45, 7) is 8.69. The zero-order valence-corrected chi connectivity index (χ0v) is 12.0. The van der Waals surface area contributed by atoms with Gasteiger partial charge in [0.25, 0.3) is 0 Å². The van der Waals surface area contributed by atoms with Crippen LogP contribution in [0.1, 0.15) is 39.2 Å². The van der Waals surface area contributed by atoms with E-state index < -0.39 is 0 Å². The van der Waals surface area contributed by atoms with Crippen LogP contribution in [0.3, 0.4) is 0 Å². The topological polar surface area (TPSA) is 32.3 Å². The molecule has 1 N–H and O–H groups in total. The lowest BCUT2D eigenvalue weighted by molar-refractivity contribution is -0.129. The van der Waals surface area contributed by atoms with E-state index >= 15 is 0 Å². The molecule has 0 aromatic heterocycles. The molecule has 1 aromatic rings. The second kappa shape index (κ2) is 6.43. The molecule has 0 aliphatic carbocycles. The Hall–Kier alpha value is -1.51. The lowest BCUT2D eigenvalue weighted by Gasteiger charge is -2.22. The van der Waals surface area contributed by atoms with Gasteiger partial charge in [0, 0.05) is 18.8 Å². The Bertz CT molecular complexity index is 399. The highest BCUT2D eigenvalue weighted by Gasteiger charge is 2.11. The zero-order valence-electron chi connectivity index (χ0n) is 12.0. The number of benzene rings is 1. The van der Waals surface area contributed by atoms with Crippen LogP contribution in [0.4, 0.5) is 5.69 Å². The Kier molecular flexibility index (Phi) is 5.20. The molecule has 0 aliphatic heterocycles. The van der Waals surface area contributed by atoms with Gasteiger partial charge in [-0.3, -0.25) is 4.79 Å². The second-order valence-electron chi connectivity index (χ2n) is 5.23. The minimum Gasteiger partial charge on any atom is -0.376 e. The summed E-state index contributed by atoms with van der Waals surface area (Å²) in [5.41, 5.74) is 2.29. The minimum absolute atomic E-state index is 0.111.